The second-order valence-corrected chi connectivity index (χ2v) is 8.08. The lowest BCUT2D eigenvalue weighted by atomic mass is 10.0. The number of halogens is 1. The average molecular weight is 333 g/mol. The van der Waals surface area contributed by atoms with Crippen molar-refractivity contribution in [2.24, 2.45) is 5.92 Å². The van der Waals surface area contributed by atoms with Gasteiger partial charge in [0.1, 0.15) is 0 Å². The van der Waals surface area contributed by atoms with Crippen LogP contribution in [0.25, 0.3) is 0 Å². The highest BCUT2D eigenvalue weighted by Gasteiger charge is 2.20. The van der Waals surface area contributed by atoms with Gasteiger partial charge in [-0.05, 0) is 43.9 Å². The fourth-order valence-electron chi connectivity index (χ4n) is 2.18. The number of hydrogen-bond donors (Lipinski definition) is 2. The Morgan fingerprint density at radius 1 is 1.24 bits per heavy atom. The monoisotopic (exact) mass is 332 g/mol. The van der Waals surface area contributed by atoms with Crippen LogP contribution in [0.15, 0.2) is 17.0 Å². The lowest BCUT2D eigenvalue weighted by Crippen LogP contribution is -2.33. The number of sulfonamides is 1. The molecule has 0 spiro atoms. The van der Waals surface area contributed by atoms with Crippen LogP contribution in [-0.4, -0.2) is 14.5 Å². The van der Waals surface area contributed by atoms with Gasteiger partial charge < -0.3 is 5.73 Å². The molecule has 0 bridgehead atoms. The number of nitrogen functional groups attached to an aromatic ring is 1. The van der Waals surface area contributed by atoms with Crippen molar-refractivity contribution in [3.05, 3.63) is 22.7 Å². The second kappa shape index (κ2) is 7.47. The summed E-state index contributed by atoms with van der Waals surface area (Å²) in [7, 11) is -3.57. The number of aryl methyl sites for hydroxylation is 1. The molecule has 0 saturated heterocycles. The van der Waals surface area contributed by atoms with Gasteiger partial charge in [0.25, 0.3) is 0 Å². The minimum atomic E-state index is -3.57. The molecule has 1 atom stereocenters. The Morgan fingerprint density at radius 2 is 1.86 bits per heavy atom. The molecule has 0 saturated carbocycles. The molecule has 120 valence electrons. The molecule has 1 rings (SSSR count). The Balaban J connectivity index is 2.80. The third-order valence-electron chi connectivity index (χ3n) is 3.36. The fraction of sp³-hybridized carbons (Fsp3) is 0.600. The van der Waals surface area contributed by atoms with Gasteiger partial charge in [0.2, 0.25) is 10.0 Å². The number of benzene rings is 1. The fourth-order valence-corrected chi connectivity index (χ4v) is 3.94. The molecule has 1 aromatic carbocycles. The first-order chi connectivity index (χ1) is 9.63. The molecule has 0 amide bonds. The summed E-state index contributed by atoms with van der Waals surface area (Å²) in [5, 5.41) is 0.372. The molecule has 0 aliphatic heterocycles. The first-order valence-corrected chi connectivity index (χ1v) is 9.07. The first kappa shape index (κ1) is 18.3. The normalized spacial score (nSPS) is 13.6. The second-order valence-electron chi connectivity index (χ2n) is 5.99. The molecule has 0 fully saturated rings. The van der Waals surface area contributed by atoms with Crippen LogP contribution in [0.3, 0.4) is 0 Å². The van der Waals surface area contributed by atoms with Crippen LogP contribution in [0.4, 0.5) is 5.69 Å². The maximum atomic E-state index is 12.4. The Labute approximate surface area is 133 Å². The summed E-state index contributed by atoms with van der Waals surface area (Å²) in [6, 6.07) is 2.89. The predicted molar refractivity (Wildman–Crippen MR) is 89.1 cm³/mol. The van der Waals surface area contributed by atoms with E-state index in [2.05, 4.69) is 18.6 Å². The zero-order chi connectivity index (χ0) is 16.2. The molecular formula is C15H25ClN2O2S. The van der Waals surface area contributed by atoms with Crippen molar-refractivity contribution in [1.82, 2.24) is 4.72 Å². The molecule has 0 aromatic heterocycles. The average Bonchev–Trinajstić information content (AvgIpc) is 2.32. The van der Waals surface area contributed by atoms with Crippen molar-refractivity contribution in [2.75, 3.05) is 5.73 Å². The van der Waals surface area contributed by atoms with E-state index in [-0.39, 0.29) is 16.6 Å². The number of rotatable bonds is 7. The van der Waals surface area contributed by atoms with Crippen molar-refractivity contribution >= 4 is 27.3 Å². The lowest BCUT2D eigenvalue weighted by Gasteiger charge is -2.16. The SMILES string of the molecule is Cc1cc(Cl)c(N)cc1S(=O)(=O)NC(C)CCCC(C)C. The maximum Gasteiger partial charge on any atom is 0.241 e. The van der Waals surface area contributed by atoms with Crippen LogP contribution in [0.1, 0.15) is 45.6 Å². The summed E-state index contributed by atoms with van der Waals surface area (Å²) >= 11 is 5.90. The van der Waals surface area contributed by atoms with Crippen molar-refractivity contribution in [2.45, 2.75) is 57.9 Å². The van der Waals surface area contributed by atoms with Gasteiger partial charge in [0, 0.05) is 6.04 Å². The van der Waals surface area contributed by atoms with E-state index in [1.807, 2.05) is 6.92 Å². The molecule has 1 unspecified atom stereocenters. The van der Waals surface area contributed by atoms with Crippen LogP contribution in [0.5, 0.6) is 0 Å². The largest absolute Gasteiger partial charge is 0.397 e. The van der Waals surface area contributed by atoms with Crippen LogP contribution in [0, 0.1) is 12.8 Å². The highest BCUT2D eigenvalue weighted by atomic mass is 35.5. The number of nitrogens with one attached hydrogen (secondary N) is 1. The molecule has 6 heteroatoms. The van der Waals surface area contributed by atoms with Crippen molar-refractivity contribution < 1.29 is 8.42 Å². The van der Waals surface area contributed by atoms with E-state index in [1.165, 1.54) is 6.07 Å². The molecule has 0 aliphatic carbocycles. The van der Waals surface area contributed by atoms with E-state index in [4.69, 9.17) is 17.3 Å². The quantitative estimate of drug-likeness (QED) is 0.747. The standard InChI is InChI=1S/C15H25ClN2O2S/c1-10(2)6-5-7-12(4)18-21(19,20)15-9-14(17)13(16)8-11(15)3/h8-10,12,18H,5-7,17H2,1-4H3. The van der Waals surface area contributed by atoms with Gasteiger partial charge in [-0.1, -0.05) is 38.3 Å². The molecular weight excluding hydrogens is 308 g/mol. The molecule has 0 aliphatic rings. The molecule has 1 aromatic rings. The molecule has 0 heterocycles. The van der Waals surface area contributed by atoms with Gasteiger partial charge in [0.05, 0.1) is 15.6 Å². The van der Waals surface area contributed by atoms with Crippen LogP contribution in [0.2, 0.25) is 5.02 Å². The molecule has 4 nitrogen and oxygen atoms in total. The minimum absolute atomic E-state index is 0.106. The van der Waals surface area contributed by atoms with E-state index in [9.17, 15) is 8.42 Å². The first-order valence-electron chi connectivity index (χ1n) is 7.21. The number of hydrogen-bond acceptors (Lipinski definition) is 3. The van der Waals surface area contributed by atoms with Crippen molar-refractivity contribution in [3.63, 3.8) is 0 Å². The van der Waals surface area contributed by atoms with Crippen LogP contribution < -0.4 is 10.5 Å². The zero-order valence-electron chi connectivity index (χ0n) is 13.1. The zero-order valence-corrected chi connectivity index (χ0v) is 14.7. The third kappa shape index (κ3) is 5.49. The van der Waals surface area contributed by atoms with Gasteiger partial charge in [-0.2, -0.15) is 0 Å². The van der Waals surface area contributed by atoms with E-state index < -0.39 is 10.0 Å². The van der Waals surface area contributed by atoms with Gasteiger partial charge in [-0.15, -0.1) is 0 Å². The van der Waals surface area contributed by atoms with Crippen molar-refractivity contribution in [3.8, 4) is 0 Å². The number of anilines is 1. The minimum Gasteiger partial charge on any atom is -0.397 e. The molecule has 0 radical (unpaired) electrons. The Bertz CT molecular complexity index is 586. The van der Waals surface area contributed by atoms with E-state index in [1.54, 1.807) is 13.0 Å². The smallest absolute Gasteiger partial charge is 0.241 e. The van der Waals surface area contributed by atoms with Crippen LogP contribution in [-0.2, 0) is 10.0 Å². The van der Waals surface area contributed by atoms with Gasteiger partial charge in [-0.25, -0.2) is 13.1 Å². The highest BCUT2D eigenvalue weighted by Crippen LogP contribution is 2.26. The number of nitrogens with two attached hydrogens (primary N) is 1. The Hall–Kier alpha value is -0.780. The Morgan fingerprint density at radius 3 is 2.43 bits per heavy atom. The predicted octanol–water partition coefficient (Wildman–Crippen LogP) is 3.72. The van der Waals surface area contributed by atoms with E-state index >= 15 is 0 Å². The van der Waals surface area contributed by atoms with E-state index in [0.29, 0.717) is 16.5 Å². The highest BCUT2D eigenvalue weighted by molar-refractivity contribution is 7.89. The summed E-state index contributed by atoms with van der Waals surface area (Å²) in [4.78, 5) is 0.195. The summed E-state index contributed by atoms with van der Waals surface area (Å²) in [6.45, 7) is 7.92. The summed E-state index contributed by atoms with van der Waals surface area (Å²) in [5.41, 5.74) is 6.57. The van der Waals surface area contributed by atoms with Crippen molar-refractivity contribution in [1.29, 1.82) is 0 Å². The molecule has 21 heavy (non-hydrogen) atoms. The summed E-state index contributed by atoms with van der Waals surface area (Å²) < 4.78 is 27.5. The topological polar surface area (TPSA) is 72.2 Å². The van der Waals surface area contributed by atoms with E-state index in [0.717, 1.165) is 19.3 Å². The van der Waals surface area contributed by atoms with Gasteiger partial charge in [-0.3, -0.25) is 0 Å². The Kier molecular flexibility index (Phi) is 6.50. The van der Waals surface area contributed by atoms with Crippen LogP contribution >= 0.6 is 11.6 Å². The summed E-state index contributed by atoms with van der Waals surface area (Å²) in [6.07, 6.45) is 2.92. The summed E-state index contributed by atoms with van der Waals surface area (Å²) in [5.74, 6) is 0.632. The lowest BCUT2D eigenvalue weighted by molar-refractivity contribution is 0.488. The molecule has 3 N–H and O–H groups in total. The third-order valence-corrected chi connectivity index (χ3v) is 5.42. The maximum absolute atomic E-state index is 12.4. The van der Waals surface area contributed by atoms with Gasteiger partial charge in [0.15, 0.2) is 0 Å². The van der Waals surface area contributed by atoms with Gasteiger partial charge >= 0.3 is 0 Å².